The van der Waals surface area contributed by atoms with Gasteiger partial charge in [-0.25, -0.2) is 0 Å². The van der Waals surface area contributed by atoms with E-state index in [2.05, 4.69) is 0 Å². The molecule has 222 valence electrons. The van der Waals surface area contributed by atoms with Gasteiger partial charge in [-0.15, -0.1) is 0 Å². The quantitative estimate of drug-likeness (QED) is 0.167. The summed E-state index contributed by atoms with van der Waals surface area (Å²) < 4.78 is 33.9. The molecule has 0 aromatic heterocycles. The molecule has 0 saturated carbocycles. The minimum absolute atomic E-state index is 0.0757. The summed E-state index contributed by atoms with van der Waals surface area (Å²) in [7, 11) is 4.15. The standard InChI is InChI=1S/C27H36O13/c1-35-17-11-15(6-7-16(17)31)25(40-27-24(34)23(33)22(32)20(12-29)39-27)21(13-30)38-26-18(36-2)9-14(5-4-8-28)10-19(26)37-3/h4-7,9-11,20-25,27-34H,8,12-13H2,1-3H3/b5-4+/t20-,21-,22-,23+,24-,25+,27+/m1/s1. The van der Waals surface area contributed by atoms with Gasteiger partial charge in [-0.2, -0.15) is 0 Å². The van der Waals surface area contributed by atoms with Crippen molar-refractivity contribution in [2.24, 2.45) is 0 Å². The number of aliphatic hydroxyl groups excluding tert-OH is 6. The van der Waals surface area contributed by atoms with Crippen molar-refractivity contribution in [3.8, 4) is 28.7 Å². The van der Waals surface area contributed by atoms with Crippen LogP contribution in [0.5, 0.6) is 28.7 Å². The summed E-state index contributed by atoms with van der Waals surface area (Å²) in [5.74, 6) is 0.454. The fourth-order valence-electron chi connectivity index (χ4n) is 4.22. The van der Waals surface area contributed by atoms with E-state index in [1.165, 1.54) is 45.6 Å². The minimum Gasteiger partial charge on any atom is -0.504 e. The molecule has 0 bridgehead atoms. The van der Waals surface area contributed by atoms with E-state index in [1.807, 2.05) is 0 Å². The van der Waals surface area contributed by atoms with Crippen LogP contribution in [0.25, 0.3) is 6.08 Å². The summed E-state index contributed by atoms with van der Waals surface area (Å²) in [5, 5.41) is 70.3. The smallest absolute Gasteiger partial charge is 0.204 e. The number of methoxy groups -OCH3 is 3. The van der Waals surface area contributed by atoms with Gasteiger partial charge in [0.15, 0.2) is 35.4 Å². The van der Waals surface area contributed by atoms with E-state index in [1.54, 1.807) is 18.2 Å². The van der Waals surface area contributed by atoms with Crippen molar-refractivity contribution in [3.63, 3.8) is 0 Å². The highest BCUT2D eigenvalue weighted by Gasteiger charge is 2.46. The van der Waals surface area contributed by atoms with E-state index in [-0.39, 0.29) is 35.4 Å². The summed E-state index contributed by atoms with van der Waals surface area (Å²) >= 11 is 0. The molecule has 1 saturated heterocycles. The van der Waals surface area contributed by atoms with E-state index in [4.69, 9.17) is 33.5 Å². The molecular formula is C27H36O13. The SMILES string of the molecule is COc1cc([C@H](O[C@@H]2O[C@H](CO)[C@@H](O)[C@H](O)[C@H]2O)[C@@H](CO)Oc2c(OC)cc(/C=C/CO)cc2OC)ccc1O. The average molecular weight is 569 g/mol. The highest BCUT2D eigenvalue weighted by Crippen LogP contribution is 2.42. The van der Waals surface area contributed by atoms with Gasteiger partial charge in [0.05, 0.1) is 41.2 Å². The third-order valence-electron chi connectivity index (χ3n) is 6.35. The molecule has 2 aromatic rings. The second-order valence-electron chi connectivity index (χ2n) is 8.86. The number of hydrogen-bond donors (Lipinski definition) is 7. The van der Waals surface area contributed by atoms with Gasteiger partial charge >= 0.3 is 0 Å². The first-order valence-corrected chi connectivity index (χ1v) is 12.4. The van der Waals surface area contributed by atoms with Crippen molar-refractivity contribution >= 4 is 6.08 Å². The molecule has 0 amide bonds. The number of aromatic hydroxyl groups is 1. The first-order chi connectivity index (χ1) is 19.2. The zero-order valence-electron chi connectivity index (χ0n) is 22.3. The van der Waals surface area contributed by atoms with Crippen LogP contribution in [0.15, 0.2) is 36.4 Å². The molecule has 13 nitrogen and oxygen atoms in total. The van der Waals surface area contributed by atoms with E-state index in [9.17, 15) is 30.6 Å². The molecule has 7 N–H and O–H groups in total. The number of ether oxygens (including phenoxy) is 6. The monoisotopic (exact) mass is 568 g/mol. The van der Waals surface area contributed by atoms with Gasteiger partial charge in [-0.1, -0.05) is 18.2 Å². The summed E-state index contributed by atoms with van der Waals surface area (Å²) in [4.78, 5) is 0. The van der Waals surface area contributed by atoms with Crippen LogP contribution in [0, 0.1) is 0 Å². The fourth-order valence-corrected chi connectivity index (χ4v) is 4.22. The zero-order chi connectivity index (χ0) is 29.4. The number of phenols is 1. The van der Waals surface area contributed by atoms with E-state index < -0.39 is 56.1 Å². The van der Waals surface area contributed by atoms with Crippen molar-refractivity contribution in [2.45, 2.75) is 42.9 Å². The Hall–Kier alpha value is -3.14. The number of hydrogen-bond acceptors (Lipinski definition) is 13. The average Bonchev–Trinajstić information content (AvgIpc) is 2.97. The van der Waals surface area contributed by atoms with Crippen LogP contribution in [-0.4, -0.2) is 114 Å². The van der Waals surface area contributed by atoms with Crippen LogP contribution in [-0.2, 0) is 9.47 Å². The minimum atomic E-state index is -1.74. The Morgan fingerprint density at radius 2 is 1.52 bits per heavy atom. The Kier molecular flexibility index (Phi) is 11.4. The van der Waals surface area contributed by atoms with Gasteiger partial charge < -0.3 is 64.2 Å². The Morgan fingerprint density at radius 3 is 2.08 bits per heavy atom. The lowest BCUT2D eigenvalue weighted by Crippen LogP contribution is -2.59. The normalized spacial score (nSPS) is 24.5. The Balaban J connectivity index is 2.06. The van der Waals surface area contributed by atoms with Gasteiger partial charge in [-0.3, -0.25) is 0 Å². The van der Waals surface area contributed by atoms with Crippen molar-refractivity contribution in [1.82, 2.24) is 0 Å². The summed E-state index contributed by atoms with van der Waals surface area (Å²) in [6.45, 7) is -1.50. The molecule has 2 aromatic carbocycles. The molecule has 13 heteroatoms. The molecule has 1 heterocycles. The first-order valence-electron chi connectivity index (χ1n) is 12.4. The van der Waals surface area contributed by atoms with E-state index in [0.717, 1.165) is 0 Å². The van der Waals surface area contributed by atoms with Gasteiger partial charge in [0, 0.05) is 0 Å². The van der Waals surface area contributed by atoms with Crippen LogP contribution < -0.4 is 18.9 Å². The number of phenolic OH excluding ortho intramolecular Hbond substituents is 1. The topological polar surface area (TPSA) is 197 Å². The number of rotatable bonds is 13. The lowest BCUT2D eigenvalue weighted by atomic mass is 9.98. The van der Waals surface area contributed by atoms with Crippen molar-refractivity contribution < 1.29 is 64.2 Å². The highest BCUT2D eigenvalue weighted by molar-refractivity contribution is 5.62. The van der Waals surface area contributed by atoms with Crippen LogP contribution in [0.4, 0.5) is 0 Å². The van der Waals surface area contributed by atoms with Gasteiger partial charge in [0.2, 0.25) is 5.75 Å². The summed E-state index contributed by atoms with van der Waals surface area (Å²) in [6, 6.07) is 7.46. The Morgan fingerprint density at radius 1 is 0.875 bits per heavy atom. The maximum atomic E-state index is 10.6. The Bertz CT molecular complexity index is 1100. The van der Waals surface area contributed by atoms with Crippen LogP contribution in [0.1, 0.15) is 17.2 Å². The lowest BCUT2D eigenvalue weighted by molar-refractivity contribution is -0.318. The Labute approximate surface area is 231 Å². The molecule has 0 radical (unpaired) electrons. The number of aliphatic hydroxyl groups is 6. The second kappa shape index (κ2) is 14.5. The van der Waals surface area contributed by atoms with Gasteiger partial charge in [-0.05, 0) is 35.4 Å². The van der Waals surface area contributed by atoms with Crippen molar-refractivity contribution in [1.29, 1.82) is 0 Å². The van der Waals surface area contributed by atoms with Crippen molar-refractivity contribution in [3.05, 3.63) is 47.5 Å². The predicted octanol–water partition coefficient (Wildman–Crippen LogP) is -0.279. The van der Waals surface area contributed by atoms with E-state index >= 15 is 0 Å². The zero-order valence-corrected chi connectivity index (χ0v) is 22.3. The molecule has 0 unspecified atom stereocenters. The molecule has 0 aliphatic carbocycles. The number of benzene rings is 2. The molecular weight excluding hydrogens is 532 g/mol. The van der Waals surface area contributed by atoms with Gasteiger partial charge in [0.25, 0.3) is 0 Å². The second-order valence-corrected chi connectivity index (χ2v) is 8.86. The van der Waals surface area contributed by atoms with Crippen LogP contribution in [0.3, 0.4) is 0 Å². The van der Waals surface area contributed by atoms with Crippen LogP contribution >= 0.6 is 0 Å². The third kappa shape index (κ3) is 6.95. The fraction of sp³-hybridized carbons (Fsp3) is 0.481. The largest absolute Gasteiger partial charge is 0.504 e. The molecule has 0 spiro atoms. The molecule has 3 rings (SSSR count). The maximum Gasteiger partial charge on any atom is 0.204 e. The van der Waals surface area contributed by atoms with Crippen LogP contribution in [0.2, 0.25) is 0 Å². The summed E-state index contributed by atoms with van der Waals surface area (Å²) in [6.07, 6.45) is -7.19. The molecule has 1 aliphatic rings. The van der Waals surface area contributed by atoms with E-state index in [0.29, 0.717) is 11.1 Å². The maximum absolute atomic E-state index is 10.6. The summed E-state index contributed by atoms with van der Waals surface area (Å²) in [5.41, 5.74) is 0.944. The molecule has 40 heavy (non-hydrogen) atoms. The van der Waals surface area contributed by atoms with Gasteiger partial charge in [0.1, 0.15) is 30.5 Å². The van der Waals surface area contributed by atoms with Crippen molar-refractivity contribution in [2.75, 3.05) is 41.2 Å². The molecule has 1 fully saturated rings. The predicted molar refractivity (Wildman–Crippen MR) is 139 cm³/mol. The first kappa shape index (κ1) is 31.4. The molecule has 1 aliphatic heterocycles. The third-order valence-corrected chi connectivity index (χ3v) is 6.35. The molecule has 7 atom stereocenters. The highest BCUT2D eigenvalue weighted by atomic mass is 16.7. The lowest BCUT2D eigenvalue weighted by Gasteiger charge is -2.41.